The van der Waals surface area contributed by atoms with Gasteiger partial charge in [-0.05, 0) is 25.7 Å². The van der Waals surface area contributed by atoms with E-state index < -0.39 is 23.7 Å². The van der Waals surface area contributed by atoms with Gasteiger partial charge >= 0.3 is 12.1 Å². The van der Waals surface area contributed by atoms with Crippen molar-refractivity contribution in [2.75, 3.05) is 0 Å². The zero-order chi connectivity index (χ0) is 12.6. The van der Waals surface area contributed by atoms with E-state index in [1.807, 2.05) is 0 Å². The first-order valence-corrected chi connectivity index (χ1v) is 5.10. The SMILES string of the molecule is O=C(O)c1nc(C(F)(F)F)nc2c1CCCC2. The number of carboxylic acids is 1. The number of alkyl halides is 3. The van der Waals surface area contributed by atoms with Crippen LogP contribution in [0.5, 0.6) is 0 Å². The molecule has 1 aliphatic rings. The third-order valence-corrected chi connectivity index (χ3v) is 2.64. The number of fused-ring (bicyclic) bond motifs is 1. The predicted octanol–water partition coefficient (Wildman–Crippen LogP) is 2.07. The molecular weight excluding hydrogens is 237 g/mol. The maximum Gasteiger partial charge on any atom is 0.451 e. The highest BCUT2D eigenvalue weighted by Crippen LogP contribution is 2.30. The van der Waals surface area contributed by atoms with E-state index in [1.165, 1.54) is 0 Å². The van der Waals surface area contributed by atoms with Crippen molar-refractivity contribution in [1.82, 2.24) is 9.97 Å². The van der Waals surface area contributed by atoms with Crippen LogP contribution in [0.1, 0.15) is 40.4 Å². The Morgan fingerprint density at radius 3 is 2.41 bits per heavy atom. The molecule has 1 aliphatic carbocycles. The van der Waals surface area contributed by atoms with Crippen LogP contribution < -0.4 is 0 Å². The topological polar surface area (TPSA) is 63.1 Å². The average molecular weight is 246 g/mol. The molecular formula is C10H9F3N2O2. The molecule has 0 spiro atoms. The van der Waals surface area contributed by atoms with Crippen molar-refractivity contribution in [2.24, 2.45) is 0 Å². The minimum atomic E-state index is -4.71. The Morgan fingerprint density at radius 2 is 1.82 bits per heavy atom. The van der Waals surface area contributed by atoms with Gasteiger partial charge in [-0.1, -0.05) is 0 Å². The summed E-state index contributed by atoms with van der Waals surface area (Å²) in [5.74, 6) is -2.80. The van der Waals surface area contributed by atoms with Crippen LogP contribution in [0.15, 0.2) is 0 Å². The van der Waals surface area contributed by atoms with E-state index >= 15 is 0 Å². The van der Waals surface area contributed by atoms with Gasteiger partial charge in [0.2, 0.25) is 5.82 Å². The first kappa shape index (κ1) is 11.8. The lowest BCUT2D eigenvalue weighted by molar-refractivity contribution is -0.145. The number of aromatic nitrogens is 2. The smallest absolute Gasteiger partial charge is 0.451 e. The van der Waals surface area contributed by atoms with Gasteiger partial charge in [-0.25, -0.2) is 14.8 Å². The summed E-state index contributed by atoms with van der Waals surface area (Å²) in [6, 6.07) is 0. The lowest BCUT2D eigenvalue weighted by atomic mass is 9.94. The van der Waals surface area contributed by atoms with Gasteiger partial charge in [-0.2, -0.15) is 13.2 Å². The van der Waals surface area contributed by atoms with E-state index in [2.05, 4.69) is 9.97 Å². The summed E-state index contributed by atoms with van der Waals surface area (Å²) in [5.41, 5.74) is 0.0507. The molecule has 17 heavy (non-hydrogen) atoms. The number of aromatic carboxylic acids is 1. The number of carbonyl (C=O) groups is 1. The molecule has 0 bridgehead atoms. The number of hydrogen-bond donors (Lipinski definition) is 1. The molecule has 0 atom stereocenters. The van der Waals surface area contributed by atoms with E-state index in [4.69, 9.17) is 5.11 Å². The number of halogens is 3. The van der Waals surface area contributed by atoms with Crippen molar-refractivity contribution in [1.29, 1.82) is 0 Å². The molecule has 0 aromatic carbocycles. The van der Waals surface area contributed by atoms with Gasteiger partial charge in [0.1, 0.15) is 0 Å². The van der Waals surface area contributed by atoms with Gasteiger partial charge < -0.3 is 5.11 Å². The highest BCUT2D eigenvalue weighted by molar-refractivity contribution is 5.87. The molecule has 4 nitrogen and oxygen atoms in total. The van der Waals surface area contributed by atoms with Crippen LogP contribution in [0.25, 0.3) is 0 Å². The number of hydrogen-bond acceptors (Lipinski definition) is 3. The summed E-state index contributed by atoms with van der Waals surface area (Å²) in [6.07, 6.45) is -2.44. The van der Waals surface area contributed by atoms with Crippen molar-refractivity contribution in [3.8, 4) is 0 Å². The van der Waals surface area contributed by atoms with Crippen molar-refractivity contribution < 1.29 is 23.1 Å². The summed E-state index contributed by atoms with van der Waals surface area (Å²) in [6.45, 7) is 0. The standard InChI is InChI=1S/C10H9F3N2O2/c11-10(12,13)9-14-6-4-2-1-3-5(6)7(15-9)8(16)17/h1-4H2,(H,16,17). The molecule has 0 aliphatic heterocycles. The third-order valence-electron chi connectivity index (χ3n) is 2.64. The number of carboxylic acid groups (broad SMARTS) is 1. The Morgan fingerprint density at radius 1 is 1.18 bits per heavy atom. The fourth-order valence-electron chi connectivity index (χ4n) is 1.90. The second-order valence-corrected chi connectivity index (χ2v) is 3.83. The Balaban J connectivity index is 2.60. The fraction of sp³-hybridized carbons (Fsp3) is 0.500. The second kappa shape index (κ2) is 3.97. The van der Waals surface area contributed by atoms with E-state index in [9.17, 15) is 18.0 Å². The molecule has 0 saturated carbocycles. The number of nitrogens with zero attached hydrogens (tertiary/aromatic N) is 2. The Hall–Kier alpha value is -1.66. The minimum Gasteiger partial charge on any atom is -0.477 e. The fourth-order valence-corrected chi connectivity index (χ4v) is 1.90. The van der Waals surface area contributed by atoms with Crippen LogP contribution in [0, 0.1) is 0 Å². The highest BCUT2D eigenvalue weighted by Gasteiger charge is 2.37. The van der Waals surface area contributed by atoms with Gasteiger partial charge in [0, 0.05) is 11.3 Å². The Kier molecular flexibility index (Phi) is 2.76. The molecule has 0 radical (unpaired) electrons. The molecule has 0 fully saturated rings. The zero-order valence-electron chi connectivity index (χ0n) is 8.71. The van der Waals surface area contributed by atoms with Crippen molar-refractivity contribution in [2.45, 2.75) is 31.9 Å². The Labute approximate surface area is 94.5 Å². The van der Waals surface area contributed by atoms with Gasteiger partial charge in [0.05, 0.1) is 0 Å². The summed E-state index contributed by atoms with van der Waals surface area (Å²) in [4.78, 5) is 17.4. The maximum absolute atomic E-state index is 12.5. The predicted molar refractivity (Wildman–Crippen MR) is 50.6 cm³/mol. The molecule has 1 heterocycles. The normalized spacial score (nSPS) is 15.5. The zero-order valence-corrected chi connectivity index (χ0v) is 8.71. The van der Waals surface area contributed by atoms with Crippen LogP contribution >= 0.6 is 0 Å². The van der Waals surface area contributed by atoms with E-state index in [0.717, 1.165) is 12.8 Å². The largest absolute Gasteiger partial charge is 0.477 e. The maximum atomic E-state index is 12.5. The highest BCUT2D eigenvalue weighted by atomic mass is 19.4. The van der Waals surface area contributed by atoms with Gasteiger partial charge in [-0.15, -0.1) is 0 Å². The molecule has 0 amide bonds. The minimum absolute atomic E-state index is 0.218. The second-order valence-electron chi connectivity index (χ2n) is 3.83. The molecule has 7 heteroatoms. The van der Waals surface area contributed by atoms with Crippen molar-refractivity contribution >= 4 is 5.97 Å². The summed E-state index contributed by atoms with van der Waals surface area (Å²) in [5, 5.41) is 8.87. The first-order valence-electron chi connectivity index (χ1n) is 5.10. The van der Waals surface area contributed by atoms with Gasteiger partial charge in [0.15, 0.2) is 5.69 Å². The molecule has 1 N–H and O–H groups in total. The average Bonchev–Trinajstić information content (AvgIpc) is 2.26. The molecule has 1 aromatic rings. The van der Waals surface area contributed by atoms with E-state index in [1.54, 1.807) is 0 Å². The molecule has 1 aromatic heterocycles. The molecule has 0 saturated heterocycles. The number of rotatable bonds is 1. The quantitative estimate of drug-likeness (QED) is 0.823. The lowest BCUT2D eigenvalue weighted by Gasteiger charge is -2.17. The van der Waals surface area contributed by atoms with E-state index in [-0.39, 0.29) is 5.69 Å². The molecule has 92 valence electrons. The summed E-state index contributed by atoms with van der Waals surface area (Å²) < 4.78 is 37.5. The van der Waals surface area contributed by atoms with Gasteiger partial charge in [-0.3, -0.25) is 0 Å². The number of aryl methyl sites for hydroxylation is 1. The summed E-state index contributed by atoms with van der Waals surface area (Å²) in [7, 11) is 0. The first-order chi connectivity index (χ1) is 7.89. The monoisotopic (exact) mass is 246 g/mol. The van der Waals surface area contributed by atoms with Crippen LogP contribution in [0.4, 0.5) is 13.2 Å². The van der Waals surface area contributed by atoms with Crippen LogP contribution in [0.3, 0.4) is 0 Å². The summed E-state index contributed by atoms with van der Waals surface area (Å²) >= 11 is 0. The molecule has 2 rings (SSSR count). The molecule has 0 unspecified atom stereocenters. The van der Waals surface area contributed by atoms with Crippen LogP contribution in [0.2, 0.25) is 0 Å². The third kappa shape index (κ3) is 2.22. The van der Waals surface area contributed by atoms with E-state index in [0.29, 0.717) is 18.4 Å². The Bertz CT molecular complexity index is 471. The van der Waals surface area contributed by atoms with Crippen molar-refractivity contribution in [3.05, 3.63) is 22.8 Å². The van der Waals surface area contributed by atoms with Crippen LogP contribution in [-0.2, 0) is 19.0 Å². The van der Waals surface area contributed by atoms with Gasteiger partial charge in [0.25, 0.3) is 0 Å². The van der Waals surface area contributed by atoms with Crippen LogP contribution in [-0.4, -0.2) is 21.0 Å². The lowest BCUT2D eigenvalue weighted by Crippen LogP contribution is -2.21. The van der Waals surface area contributed by atoms with Crippen molar-refractivity contribution in [3.63, 3.8) is 0 Å².